The van der Waals surface area contributed by atoms with Gasteiger partial charge in [-0.15, -0.1) is 35.3 Å². The van der Waals surface area contributed by atoms with Crippen LogP contribution in [0.1, 0.15) is 34.8 Å². The van der Waals surface area contributed by atoms with E-state index < -0.39 is 0 Å². The van der Waals surface area contributed by atoms with Gasteiger partial charge in [0.25, 0.3) is 0 Å². The molecular formula is C19H35IN6OS. The van der Waals surface area contributed by atoms with Gasteiger partial charge in [0.1, 0.15) is 0 Å². The minimum absolute atomic E-state index is 0. The molecule has 2 rings (SSSR count). The number of thiazole rings is 1. The first-order valence-corrected chi connectivity index (χ1v) is 10.6. The molecule has 160 valence electrons. The Kier molecular flexibility index (Phi) is 11.3. The number of likely N-dealkylation sites (N-methyl/N-ethyl adjacent to an activating group) is 1. The molecule has 1 atom stereocenters. The Hall–Kier alpha value is -0.940. The lowest BCUT2D eigenvalue weighted by Gasteiger charge is -2.26. The molecular weight excluding hydrogens is 487 g/mol. The molecule has 9 heteroatoms. The van der Waals surface area contributed by atoms with Crippen LogP contribution in [0.15, 0.2) is 4.99 Å². The molecule has 0 spiro atoms. The summed E-state index contributed by atoms with van der Waals surface area (Å²) in [7, 11) is 5.47. The highest BCUT2D eigenvalue weighted by Gasteiger charge is 2.30. The van der Waals surface area contributed by atoms with Crippen LogP contribution in [-0.2, 0) is 11.2 Å². The van der Waals surface area contributed by atoms with Crippen LogP contribution in [0, 0.1) is 13.8 Å². The largest absolute Gasteiger partial charge is 0.356 e. The van der Waals surface area contributed by atoms with E-state index in [0.29, 0.717) is 0 Å². The smallest absolute Gasteiger partial charge is 0.239 e. The van der Waals surface area contributed by atoms with Gasteiger partial charge >= 0.3 is 0 Å². The Morgan fingerprint density at radius 1 is 1.32 bits per heavy atom. The molecule has 7 nitrogen and oxygen atoms in total. The van der Waals surface area contributed by atoms with Gasteiger partial charge < -0.3 is 15.5 Å². The van der Waals surface area contributed by atoms with Gasteiger partial charge in [-0.25, -0.2) is 4.98 Å². The monoisotopic (exact) mass is 522 g/mol. The number of amides is 1. The second kappa shape index (κ2) is 12.6. The van der Waals surface area contributed by atoms with Crippen molar-refractivity contribution in [3.8, 4) is 0 Å². The van der Waals surface area contributed by atoms with Crippen molar-refractivity contribution in [3.63, 3.8) is 0 Å². The molecule has 0 aromatic carbocycles. The zero-order chi connectivity index (χ0) is 19.8. The molecule has 1 fully saturated rings. The maximum atomic E-state index is 12.2. The molecule has 1 aliphatic rings. The first kappa shape index (κ1) is 25.1. The standard InChI is InChI=1S/C19H34N6OS.HI/c1-14-15(2)27-17(23-14)9-11-22-19(20-3)21-10-7-13-25-12-6-8-16(25)18(26)24(4)5;/h16H,6-13H2,1-5H3,(H2,20,21,22);1H. The fraction of sp³-hybridized carbons (Fsp3) is 0.737. The van der Waals surface area contributed by atoms with Crippen molar-refractivity contribution < 1.29 is 4.79 Å². The number of aliphatic imine (C=N–C) groups is 1. The summed E-state index contributed by atoms with van der Waals surface area (Å²) in [5.41, 5.74) is 1.13. The lowest BCUT2D eigenvalue weighted by molar-refractivity contribution is -0.133. The van der Waals surface area contributed by atoms with E-state index in [2.05, 4.69) is 39.4 Å². The molecule has 2 heterocycles. The molecule has 0 aliphatic carbocycles. The summed E-state index contributed by atoms with van der Waals surface area (Å²) in [6.45, 7) is 7.78. The van der Waals surface area contributed by atoms with E-state index >= 15 is 0 Å². The minimum Gasteiger partial charge on any atom is -0.356 e. The van der Waals surface area contributed by atoms with Gasteiger partial charge in [-0.2, -0.15) is 0 Å². The summed E-state index contributed by atoms with van der Waals surface area (Å²) < 4.78 is 0. The third-order valence-corrected chi connectivity index (χ3v) is 6.06. The molecule has 1 unspecified atom stereocenters. The average molecular weight is 523 g/mol. The van der Waals surface area contributed by atoms with Crippen LogP contribution < -0.4 is 10.6 Å². The average Bonchev–Trinajstić information content (AvgIpc) is 3.22. The maximum Gasteiger partial charge on any atom is 0.239 e. The maximum absolute atomic E-state index is 12.2. The molecule has 2 N–H and O–H groups in total. The Balaban J connectivity index is 0.00000392. The van der Waals surface area contributed by atoms with Crippen molar-refractivity contribution in [1.82, 2.24) is 25.4 Å². The summed E-state index contributed by atoms with van der Waals surface area (Å²) in [5.74, 6) is 1.05. The topological polar surface area (TPSA) is 72.9 Å². The number of nitrogens with one attached hydrogen (secondary N) is 2. The number of aromatic nitrogens is 1. The third-order valence-electron chi connectivity index (χ3n) is 4.93. The minimum atomic E-state index is 0. The SMILES string of the molecule is CN=C(NCCCN1CCCC1C(=O)N(C)C)NCCc1nc(C)c(C)s1.I. The van der Waals surface area contributed by atoms with Crippen LogP contribution >= 0.6 is 35.3 Å². The fourth-order valence-corrected chi connectivity index (χ4v) is 4.25. The van der Waals surface area contributed by atoms with Crippen LogP contribution in [-0.4, -0.2) is 80.0 Å². The van der Waals surface area contributed by atoms with E-state index in [1.165, 1.54) is 9.88 Å². The summed E-state index contributed by atoms with van der Waals surface area (Å²) >= 11 is 1.77. The molecule has 28 heavy (non-hydrogen) atoms. The number of rotatable bonds is 8. The highest BCUT2D eigenvalue weighted by molar-refractivity contribution is 14.0. The summed E-state index contributed by atoms with van der Waals surface area (Å²) in [4.78, 5) is 26.4. The lowest BCUT2D eigenvalue weighted by atomic mass is 10.2. The number of hydrogen-bond acceptors (Lipinski definition) is 5. The zero-order valence-electron chi connectivity index (χ0n) is 17.7. The number of hydrogen-bond donors (Lipinski definition) is 2. The Labute approximate surface area is 190 Å². The van der Waals surface area contributed by atoms with Crippen LogP contribution in [0.25, 0.3) is 0 Å². The quantitative estimate of drug-likeness (QED) is 0.237. The van der Waals surface area contributed by atoms with Crippen molar-refractivity contribution in [2.45, 2.75) is 45.6 Å². The third kappa shape index (κ3) is 7.47. The number of carbonyl (C=O) groups is 1. The van der Waals surface area contributed by atoms with Gasteiger partial charge in [0.2, 0.25) is 5.91 Å². The first-order valence-electron chi connectivity index (χ1n) is 9.75. The number of carbonyl (C=O) groups excluding carboxylic acids is 1. The van der Waals surface area contributed by atoms with Gasteiger partial charge in [0.15, 0.2) is 5.96 Å². The van der Waals surface area contributed by atoms with Gasteiger partial charge in [-0.05, 0) is 39.7 Å². The molecule has 1 aromatic heterocycles. The molecule has 1 amide bonds. The van der Waals surface area contributed by atoms with Crippen molar-refractivity contribution in [2.75, 3.05) is 47.3 Å². The van der Waals surface area contributed by atoms with E-state index in [1.807, 2.05) is 14.1 Å². The highest BCUT2D eigenvalue weighted by Crippen LogP contribution is 2.18. The second-order valence-electron chi connectivity index (χ2n) is 7.21. The lowest BCUT2D eigenvalue weighted by Crippen LogP contribution is -2.44. The highest BCUT2D eigenvalue weighted by atomic mass is 127. The molecule has 0 saturated carbocycles. The van der Waals surface area contributed by atoms with E-state index in [0.717, 1.165) is 63.5 Å². The van der Waals surface area contributed by atoms with Crippen molar-refractivity contribution in [1.29, 1.82) is 0 Å². The molecule has 1 saturated heterocycles. The number of aryl methyl sites for hydroxylation is 2. The van der Waals surface area contributed by atoms with E-state index in [4.69, 9.17) is 0 Å². The number of halogens is 1. The van der Waals surface area contributed by atoms with Crippen LogP contribution in [0.5, 0.6) is 0 Å². The van der Waals surface area contributed by atoms with E-state index in [9.17, 15) is 4.79 Å². The molecule has 1 aliphatic heterocycles. The first-order chi connectivity index (χ1) is 12.9. The normalized spacial score (nSPS) is 17.3. The number of guanidine groups is 1. The molecule has 0 radical (unpaired) electrons. The number of likely N-dealkylation sites (tertiary alicyclic amines) is 1. The van der Waals surface area contributed by atoms with Crippen LogP contribution in [0.4, 0.5) is 0 Å². The van der Waals surface area contributed by atoms with Crippen molar-refractivity contribution in [2.24, 2.45) is 4.99 Å². The zero-order valence-corrected chi connectivity index (χ0v) is 20.9. The number of nitrogens with zero attached hydrogens (tertiary/aromatic N) is 4. The second-order valence-corrected chi connectivity index (χ2v) is 8.49. The van der Waals surface area contributed by atoms with Gasteiger partial charge in [0, 0.05) is 52.1 Å². The van der Waals surface area contributed by atoms with Crippen molar-refractivity contribution in [3.05, 3.63) is 15.6 Å². The Morgan fingerprint density at radius 3 is 2.64 bits per heavy atom. The van der Waals surface area contributed by atoms with Crippen LogP contribution in [0.2, 0.25) is 0 Å². The molecule has 0 bridgehead atoms. The Bertz CT molecular complexity index is 629. The summed E-state index contributed by atoms with van der Waals surface area (Å²) in [5, 5.41) is 7.88. The van der Waals surface area contributed by atoms with E-state index in [1.54, 1.807) is 23.3 Å². The van der Waals surface area contributed by atoms with Gasteiger partial charge in [0.05, 0.1) is 16.7 Å². The van der Waals surface area contributed by atoms with Crippen LogP contribution in [0.3, 0.4) is 0 Å². The Morgan fingerprint density at radius 2 is 2.04 bits per heavy atom. The predicted molar refractivity (Wildman–Crippen MR) is 128 cm³/mol. The predicted octanol–water partition coefficient (Wildman–Crippen LogP) is 2.03. The molecule has 1 aromatic rings. The van der Waals surface area contributed by atoms with Gasteiger partial charge in [-0.3, -0.25) is 14.7 Å². The van der Waals surface area contributed by atoms with E-state index in [-0.39, 0.29) is 35.9 Å². The fourth-order valence-electron chi connectivity index (χ4n) is 3.31. The summed E-state index contributed by atoms with van der Waals surface area (Å²) in [6, 6.07) is 0.0580. The van der Waals surface area contributed by atoms with Crippen molar-refractivity contribution >= 4 is 47.2 Å². The summed E-state index contributed by atoms with van der Waals surface area (Å²) in [6.07, 6.45) is 3.98. The van der Waals surface area contributed by atoms with Gasteiger partial charge in [-0.1, -0.05) is 0 Å².